The van der Waals surface area contributed by atoms with Crippen molar-refractivity contribution in [3.8, 4) is 11.6 Å². The standard InChI is InChI=1S/C34H41F2N5O9S/c1-18-6-4-5-7-20-15-34(20,31(44)40-51(47,48)33(36)10-11-33)39-28(42)25-14-22(17-41(25)30(43)27(19(2)12-18)38-32(45)46)50-29-24-13-21(35)8-9-23(24)26(49-3)16-37-29/h5,7-9,13,16,18-20,22,25,27,38H,4,6,10-12,14-15,17H2,1-3H3,(H,39,42)(H,40,44)(H,45,46)/b7-5-/t18-,19+,20+,22+,25-,27-,34+/m0/s1. The van der Waals surface area contributed by atoms with E-state index in [1.807, 2.05) is 17.7 Å². The van der Waals surface area contributed by atoms with Crippen molar-refractivity contribution in [2.45, 2.75) is 87.5 Å². The highest BCUT2D eigenvalue weighted by Crippen LogP contribution is 2.48. The predicted molar refractivity (Wildman–Crippen MR) is 178 cm³/mol. The van der Waals surface area contributed by atoms with Crippen molar-refractivity contribution in [3.05, 3.63) is 42.4 Å². The Morgan fingerprint density at radius 1 is 1.16 bits per heavy atom. The molecular weight excluding hydrogens is 692 g/mol. The van der Waals surface area contributed by atoms with Crippen LogP contribution in [-0.4, -0.2) is 89.6 Å². The highest BCUT2D eigenvalue weighted by Gasteiger charge is 2.64. The number of ether oxygens (including phenoxy) is 2. The molecule has 2 aliphatic heterocycles. The second-order valence-electron chi connectivity index (χ2n) is 14.1. The van der Waals surface area contributed by atoms with Gasteiger partial charge in [0.15, 0.2) is 0 Å². The molecule has 1 saturated heterocycles. The van der Waals surface area contributed by atoms with Crippen LogP contribution in [0.15, 0.2) is 36.5 Å². The number of carbonyl (C=O) groups is 4. The van der Waals surface area contributed by atoms with Gasteiger partial charge < -0.3 is 30.1 Å². The van der Waals surface area contributed by atoms with Gasteiger partial charge in [0.25, 0.3) is 15.9 Å². The number of sulfonamides is 1. The van der Waals surface area contributed by atoms with Crippen LogP contribution < -0.4 is 24.8 Å². The van der Waals surface area contributed by atoms with Gasteiger partial charge in [-0.15, -0.1) is 0 Å². The van der Waals surface area contributed by atoms with E-state index in [-0.39, 0.29) is 49.4 Å². The molecule has 2 aromatic rings. The zero-order valence-corrected chi connectivity index (χ0v) is 29.2. The molecule has 17 heteroatoms. The van der Waals surface area contributed by atoms with Crippen molar-refractivity contribution in [1.82, 2.24) is 25.2 Å². The molecule has 276 valence electrons. The molecule has 4 aliphatic rings. The summed E-state index contributed by atoms with van der Waals surface area (Å²) in [5, 5.41) is 12.9. The van der Waals surface area contributed by atoms with E-state index in [0.717, 1.165) is 0 Å². The van der Waals surface area contributed by atoms with E-state index in [4.69, 9.17) is 9.47 Å². The zero-order chi connectivity index (χ0) is 36.9. The molecule has 0 radical (unpaired) electrons. The Kier molecular flexibility index (Phi) is 9.63. The Hall–Kier alpha value is -4.54. The number of hydrogen-bond acceptors (Lipinski definition) is 9. The summed E-state index contributed by atoms with van der Waals surface area (Å²) in [6.07, 6.45) is 3.68. The van der Waals surface area contributed by atoms with Crippen LogP contribution in [0.3, 0.4) is 0 Å². The monoisotopic (exact) mass is 733 g/mol. The molecule has 51 heavy (non-hydrogen) atoms. The zero-order valence-electron chi connectivity index (χ0n) is 28.4. The first-order chi connectivity index (χ1) is 24.1. The van der Waals surface area contributed by atoms with Gasteiger partial charge in [0, 0.05) is 30.6 Å². The SMILES string of the molecule is COc1cnc(O[C@@H]2C[C@H]3C(=O)N[C@]4(C(=O)NS(=O)(=O)C5(F)CC5)C[C@H]4/C=C\CC[C@H](C)C[C@@H](C)[C@H](NC(=O)O)C(=O)N3C2)c2cc(F)ccc12. The van der Waals surface area contributed by atoms with E-state index in [1.54, 1.807) is 13.0 Å². The average Bonchev–Trinajstić information content (AvgIpc) is 3.95. The minimum atomic E-state index is -4.69. The van der Waals surface area contributed by atoms with Crippen LogP contribution in [0.5, 0.6) is 11.6 Å². The van der Waals surface area contributed by atoms with E-state index in [1.165, 1.54) is 36.4 Å². The largest absolute Gasteiger partial charge is 0.494 e. The minimum absolute atomic E-state index is 0.00183. The molecule has 0 spiro atoms. The van der Waals surface area contributed by atoms with Gasteiger partial charge in [-0.1, -0.05) is 26.0 Å². The van der Waals surface area contributed by atoms with Crippen molar-refractivity contribution < 1.29 is 51.0 Å². The molecule has 2 saturated carbocycles. The van der Waals surface area contributed by atoms with Gasteiger partial charge in [-0.05, 0) is 55.7 Å². The number of amides is 4. The first kappa shape index (κ1) is 36.3. The van der Waals surface area contributed by atoms with Crippen molar-refractivity contribution in [3.63, 3.8) is 0 Å². The number of nitrogens with zero attached hydrogens (tertiary/aromatic N) is 2. The second kappa shape index (κ2) is 13.5. The number of pyridine rings is 1. The maximum atomic E-state index is 14.7. The maximum Gasteiger partial charge on any atom is 0.405 e. The van der Waals surface area contributed by atoms with E-state index in [0.29, 0.717) is 30.4 Å². The minimum Gasteiger partial charge on any atom is -0.494 e. The lowest BCUT2D eigenvalue weighted by atomic mass is 9.88. The topological polar surface area (TPSA) is 193 Å². The van der Waals surface area contributed by atoms with Crippen molar-refractivity contribution in [1.29, 1.82) is 0 Å². The maximum absolute atomic E-state index is 14.7. The number of halogens is 2. The number of fused-ring (bicyclic) bond motifs is 3. The molecule has 0 bridgehead atoms. The number of hydrogen-bond donors (Lipinski definition) is 4. The number of methoxy groups -OCH3 is 1. The van der Waals surface area contributed by atoms with Crippen molar-refractivity contribution >= 4 is 44.6 Å². The van der Waals surface area contributed by atoms with Gasteiger partial charge in [0.05, 0.1) is 25.2 Å². The van der Waals surface area contributed by atoms with Gasteiger partial charge in [-0.2, -0.15) is 0 Å². The van der Waals surface area contributed by atoms with Gasteiger partial charge in [-0.3, -0.25) is 14.4 Å². The highest BCUT2D eigenvalue weighted by atomic mass is 32.2. The number of carbonyl (C=O) groups excluding carboxylic acids is 3. The number of nitrogens with one attached hydrogen (secondary N) is 3. The third kappa shape index (κ3) is 7.17. The molecule has 1 aromatic carbocycles. The Labute approximate surface area is 293 Å². The summed E-state index contributed by atoms with van der Waals surface area (Å²) in [6.45, 7) is 3.51. The van der Waals surface area contributed by atoms with Crippen LogP contribution in [0.25, 0.3) is 10.8 Å². The summed E-state index contributed by atoms with van der Waals surface area (Å²) in [7, 11) is -3.26. The van der Waals surface area contributed by atoms with Crippen LogP contribution in [0, 0.1) is 23.6 Å². The van der Waals surface area contributed by atoms with Gasteiger partial charge in [-0.25, -0.2) is 31.7 Å². The lowest BCUT2D eigenvalue weighted by Gasteiger charge is -2.32. The molecule has 1 aromatic heterocycles. The van der Waals surface area contributed by atoms with Gasteiger partial charge in [0.1, 0.15) is 35.3 Å². The molecule has 6 rings (SSSR count). The number of rotatable bonds is 7. The van der Waals surface area contributed by atoms with Crippen LogP contribution in [-0.2, 0) is 24.4 Å². The molecule has 0 unspecified atom stereocenters. The summed E-state index contributed by atoms with van der Waals surface area (Å²) in [6, 6.07) is 1.40. The van der Waals surface area contributed by atoms with Gasteiger partial charge in [0.2, 0.25) is 22.7 Å². The summed E-state index contributed by atoms with van der Waals surface area (Å²) in [4.78, 5) is 59.5. The molecule has 4 amide bonds. The fraction of sp³-hybridized carbons (Fsp3) is 0.559. The lowest BCUT2D eigenvalue weighted by molar-refractivity contribution is -0.142. The van der Waals surface area contributed by atoms with Crippen LogP contribution in [0.2, 0.25) is 0 Å². The molecule has 14 nitrogen and oxygen atoms in total. The van der Waals surface area contributed by atoms with E-state index in [2.05, 4.69) is 15.6 Å². The number of aromatic nitrogens is 1. The normalized spacial score (nSPS) is 31.2. The fourth-order valence-corrected chi connectivity index (χ4v) is 8.45. The highest BCUT2D eigenvalue weighted by molar-refractivity contribution is 7.91. The lowest BCUT2D eigenvalue weighted by Crippen LogP contribution is -2.59. The average molecular weight is 734 g/mol. The number of benzene rings is 1. The second-order valence-corrected chi connectivity index (χ2v) is 16.1. The molecule has 2 aliphatic carbocycles. The number of alkyl halides is 1. The first-order valence-electron chi connectivity index (χ1n) is 16.9. The summed E-state index contributed by atoms with van der Waals surface area (Å²) in [5.74, 6) is -3.86. The van der Waals surface area contributed by atoms with Crippen LogP contribution in [0.4, 0.5) is 13.6 Å². The van der Waals surface area contributed by atoms with E-state index in [9.17, 15) is 41.5 Å². The third-order valence-corrected chi connectivity index (χ3v) is 12.1. The van der Waals surface area contributed by atoms with Crippen LogP contribution >= 0.6 is 0 Å². The predicted octanol–water partition coefficient (Wildman–Crippen LogP) is 3.16. The number of allylic oxidation sites excluding steroid dienone is 1. The smallest absolute Gasteiger partial charge is 0.405 e. The Morgan fingerprint density at radius 3 is 2.59 bits per heavy atom. The third-order valence-electron chi connectivity index (χ3n) is 10.3. The molecule has 4 N–H and O–H groups in total. The van der Waals surface area contributed by atoms with Gasteiger partial charge >= 0.3 is 6.09 Å². The Morgan fingerprint density at radius 2 is 1.90 bits per heavy atom. The Balaban J connectivity index is 1.35. The Bertz CT molecular complexity index is 1890. The summed E-state index contributed by atoms with van der Waals surface area (Å²) < 4.78 is 67.8. The molecule has 7 atom stereocenters. The fourth-order valence-electron chi connectivity index (χ4n) is 7.20. The summed E-state index contributed by atoms with van der Waals surface area (Å²) >= 11 is 0. The molecular formula is C34H41F2N5O9S. The quantitative estimate of drug-likeness (QED) is 0.307. The van der Waals surface area contributed by atoms with Crippen LogP contribution in [0.1, 0.15) is 58.8 Å². The molecule has 3 heterocycles. The number of carboxylic acid groups (broad SMARTS) is 1. The van der Waals surface area contributed by atoms with Crippen molar-refractivity contribution in [2.75, 3.05) is 13.7 Å². The van der Waals surface area contributed by atoms with Crippen molar-refractivity contribution in [2.24, 2.45) is 17.8 Å². The molecule has 3 fully saturated rings. The van der Waals surface area contributed by atoms with E-state index < -0.39 is 80.2 Å². The first-order valence-corrected chi connectivity index (χ1v) is 18.4. The summed E-state index contributed by atoms with van der Waals surface area (Å²) in [5.41, 5.74) is -1.75. The van der Waals surface area contributed by atoms with E-state index >= 15 is 0 Å².